The molecular weight excluding hydrogens is 292 g/mol. The molecule has 128 valence electrons. The van der Waals surface area contributed by atoms with Crippen molar-refractivity contribution >= 4 is 8.32 Å². The Kier molecular flexibility index (Phi) is 8.64. The Hall–Kier alpha value is -0.603. The number of ether oxygens (including phenoxy) is 2. The van der Waals surface area contributed by atoms with Crippen LogP contribution in [0.15, 0.2) is 12.7 Å². The number of rotatable bonds is 8. The molecule has 22 heavy (non-hydrogen) atoms. The van der Waals surface area contributed by atoms with Crippen LogP contribution >= 0.6 is 0 Å². The summed E-state index contributed by atoms with van der Waals surface area (Å²) >= 11 is 0. The van der Waals surface area contributed by atoms with Gasteiger partial charge in [-0.2, -0.15) is 0 Å². The summed E-state index contributed by atoms with van der Waals surface area (Å²) in [5, 5.41) is 0.218. The van der Waals surface area contributed by atoms with Gasteiger partial charge in [0.25, 0.3) is 0 Å². The molecule has 0 radical (unpaired) electrons. The molecule has 0 heterocycles. The Balaban J connectivity index is 4.47. The van der Waals surface area contributed by atoms with Crippen LogP contribution in [0, 0.1) is 17.3 Å². The molecular formula is C18H34O3Si. The van der Waals surface area contributed by atoms with E-state index in [2.05, 4.69) is 66.1 Å². The highest BCUT2D eigenvalue weighted by Gasteiger charge is 2.36. The molecule has 0 aromatic rings. The minimum absolute atomic E-state index is 0.0805. The van der Waals surface area contributed by atoms with Gasteiger partial charge in [-0.1, -0.05) is 46.6 Å². The first-order valence-electron chi connectivity index (χ1n) is 7.81. The average molecular weight is 327 g/mol. The zero-order valence-corrected chi connectivity index (χ0v) is 16.7. The van der Waals surface area contributed by atoms with Crippen LogP contribution < -0.4 is 0 Å². The second kappa shape index (κ2) is 8.88. The SMILES string of the molecule is C=CC(OCOC)C(C)(C)CC#CCO[Si](C)(C)C(C)(C)C. The summed E-state index contributed by atoms with van der Waals surface area (Å²) in [6.07, 6.45) is 2.46. The zero-order valence-electron chi connectivity index (χ0n) is 15.7. The van der Waals surface area contributed by atoms with E-state index in [0.29, 0.717) is 6.61 Å². The highest BCUT2D eigenvalue weighted by molar-refractivity contribution is 6.74. The van der Waals surface area contributed by atoms with E-state index in [9.17, 15) is 0 Å². The Labute approximate surface area is 138 Å². The predicted molar refractivity (Wildman–Crippen MR) is 96.3 cm³/mol. The maximum atomic E-state index is 6.05. The average Bonchev–Trinajstić information content (AvgIpc) is 2.37. The first kappa shape index (κ1) is 21.4. The van der Waals surface area contributed by atoms with Gasteiger partial charge in [0, 0.05) is 18.9 Å². The molecule has 0 rings (SSSR count). The monoisotopic (exact) mass is 326 g/mol. The van der Waals surface area contributed by atoms with Crippen LogP contribution in [0.2, 0.25) is 18.1 Å². The summed E-state index contributed by atoms with van der Waals surface area (Å²) in [5.41, 5.74) is -0.107. The van der Waals surface area contributed by atoms with Crippen LogP contribution in [0.3, 0.4) is 0 Å². The van der Waals surface area contributed by atoms with Gasteiger partial charge >= 0.3 is 0 Å². The summed E-state index contributed by atoms with van der Waals surface area (Å²) in [6.45, 7) is 20.0. The van der Waals surface area contributed by atoms with Crippen molar-refractivity contribution < 1.29 is 13.9 Å². The fraction of sp³-hybridized carbons (Fsp3) is 0.778. The molecule has 0 saturated carbocycles. The van der Waals surface area contributed by atoms with Gasteiger partial charge in [-0.05, 0) is 18.1 Å². The maximum absolute atomic E-state index is 6.05. The van der Waals surface area contributed by atoms with E-state index in [0.717, 1.165) is 6.42 Å². The third kappa shape index (κ3) is 7.10. The van der Waals surface area contributed by atoms with Crippen molar-refractivity contribution in [1.29, 1.82) is 0 Å². The van der Waals surface area contributed by atoms with E-state index in [4.69, 9.17) is 13.9 Å². The molecule has 0 aromatic heterocycles. The Bertz CT molecular complexity index is 397. The molecule has 0 N–H and O–H groups in total. The molecule has 0 aliphatic carbocycles. The van der Waals surface area contributed by atoms with Gasteiger partial charge in [0.05, 0.1) is 12.7 Å². The first-order valence-corrected chi connectivity index (χ1v) is 10.7. The van der Waals surface area contributed by atoms with Gasteiger partial charge in [0.2, 0.25) is 0 Å². The second-order valence-electron chi connectivity index (χ2n) is 7.80. The standard InChI is InChI=1S/C18H34O3Si/c1-10-16(20-15-19-7)18(5,6)13-11-12-14-21-22(8,9)17(2,3)4/h10,16H,1,13-15H2,2-9H3. The normalized spacial score (nSPS) is 14.2. The van der Waals surface area contributed by atoms with Crippen LogP contribution in [0.4, 0.5) is 0 Å². The highest BCUT2D eigenvalue weighted by Crippen LogP contribution is 2.36. The molecule has 0 saturated heterocycles. The molecule has 0 spiro atoms. The van der Waals surface area contributed by atoms with E-state index >= 15 is 0 Å². The van der Waals surface area contributed by atoms with Crippen molar-refractivity contribution in [3.8, 4) is 11.8 Å². The zero-order chi connectivity index (χ0) is 17.4. The number of hydrogen-bond acceptors (Lipinski definition) is 3. The van der Waals surface area contributed by atoms with Crippen LogP contribution in [0.5, 0.6) is 0 Å². The number of methoxy groups -OCH3 is 1. The van der Waals surface area contributed by atoms with Crippen molar-refractivity contribution in [3.05, 3.63) is 12.7 Å². The third-order valence-electron chi connectivity index (χ3n) is 4.33. The van der Waals surface area contributed by atoms with E-state index in [-0.39, 0.29) is 23.4 Å². The van der Waals surface area contributed by atoms with Crippen molar-refractivity contribution in [2.75, 3.05) is 20.5 Å². The first-order chi connectivity index (χ1) is 9.98. The number of hydrogen-bond donors (Lipinski definition) is 0. The molecule has 1 atom stereocenters. The lowest BCUT2D eigenvalue weighted by molar-refractivity contribution is -0.0899. The van der Waals surface area contributed by atoms with Gasteiger partial charge in [0.1, 0.15) is 6.79 Å². The molecule has 0 bridgehead atoms. The molecule has 0 aromatic carbocycles. The van der Waals surface area contributed by atoms with E-state index < -0.39 is 8.32 Å². The molecule has 0 aliphatic heterocycles. The minimum atomic E-state index is -1.71. The smallest absolute Gasteiger partial charge is 0.193 e. The predicted octanol–water partition coefficient (Wildman–Crippen LogP) is 4.60. The quantitative estimate of drug-likeness (QED) is 0.282. The lowest BCUT2D eigenvalue weighted by atomic mass is 9.83. The third-order valence-corrected chi connectivity index (χ3v) is 8.81. The van der Waals surface area contributed by atoms with E-state index in [1.54, 1.807) is 7.11 Å². The van der Waals surface area contributed by atoms with Crippen molar-refractivity contribution in [3.63, 3.8) is 0 Å². The van der Waals surface area contributed by atoms with Gasteiger partial charge < -0.3 is 13.9 Å². The highest BCUT2D eigenvalue weighted by atomic mass is 28.4. The molecule has 1 unspecified atom stereocenters. The van der Waals surface area contributed by atoms with Crippen LogP contribution in [0.25, 0.3) is 0 Å². The van der Waals surface area contributed by atoms with Crippen molar-refractivity contribution in [2.24, 2.45) is 5.41 Å². The largest absolute Gasteiger partial charge is 0.406 e. The van der Waals surface area contributed by atoms with Crippen LogP contribution in [-0.4, -0.2) is 34.9 Å². The van der Waals surface area contributed by atoms with Crippen molar-refractivity contribution in [2.45, 2.75) is 65.3 Å². The molecule has 0 amide bonds. The Morgan fingerprint density at radius 1 is 1.14 bits per heavy atom. The molecule has 3 nitrogen and oxygen atoms in total. The fourth-order valence-electron chi connectivity index (χ4n) is 1.63. The Morgan fingerprint density at radius 2 is 1.73 bits per heavy atom. The van der Waals surface area contributed by atoms with Crippen LogP contribution in [0.1, 0.15) is 41.0 Å². The van der Waals surface area contributed by atoms with Gasteiger partial charge in [-0.25, -0.2) is 0 Å². The van der Waals surface area contributed by atoms with E-state index in [1.165, 1.54) is 0 Å². The summed E-state index contributed by atoms with van der Waals surface area (Å²) in [6, 6.07) is 0. The lowest BCUT2D eigenvalue weighted by Crippen LogP contribution is -2.40. The summed E-state index contributed by atoms with van der Waals surface area (Å²) < 4.78 is 16.6. The topological polar surface area (TPSA) is 27.7 Å². The lowest BCUT2D eigenvalue weighted by Gasteiger charge is -2.35. The minimum Gasteiger partial charge on any atom is -0.406 e. The maximum Gasteiger partial charge on any atom is 0.193 e. The second-order valence-corrected chi connectivity index (χ2v) is 12.6. The van der Waals surface area contributed by atoms with Crippen LogP contribution in [-0.2, 0) is 13.9 Å². The van der Waals surface area contributed by atoms with Gasteiger partial charge in [-0.15, -0.1) is 12.5 Å². The van der Waals surface area contributed by atoms with Gasteiger partial charge in [0.15, 0.2) is 8.32 Å². The summed E-state index contributed by atoms with van der Waals surface area (Å²) in [5.74, 6) is 6.37. The fourth-order valence-corrected chi connectivity index (χ4v) is 2.49. The molecule has 0 aliphatic rings. The molecule has 4 heteroatoms. The van der Waals surface area contributed by atoms with Crippen molar-refractivity contribution in [1.82, 2.24) is 0 Å². The summed E-state index contributed by atoms with van der Waals surface area (Å²) in [7, 11) is -0.0908. The molecule has 0 fully saturated rings. The van der Waals surface area contributed by atoms with Gasteiger partial charge in [-0.3, -0.25) is 0 Å². The summed E-state index contributed by atoms with van der Waals surface area (Å²) in [4.78, 5) is 0. The Morgan fingerprint density at radius 3 is 2.18 bits per heavy atom. The van der Waals surface area contributed by atoms with E-state index in [1.807, 2.05) is 6.08 Å².